The van der Waals surface area contributed by atoms with Crippen molar-refractivity contribution in [2.24, 2.45) is 0 Å². The number of benzene rings is 1. The zero-order valence-corrected chi connectivity index (χ0v) is 6.05. The lowest BCUT2D eigenvalue weighted by molar-refractivity contribution is 0.344. The van der Waals surface area contributed by atoms with Crippen LogP contribution < -0.4 is 0 Å². The fourth-order valence-electron chi connectivity index (χ4n) is 1.55. The zero-order chi connectivity index (χ0) is 7.84. The molecule has 1 aromatic carbocycles. The molecule has 0 amide bonds. The molecule has 0 bridgehead atoms. The molecule has 1 atom stereocenters. The van der Waals surface area contributed by atoms with Gasteiger partial charge in [-0.3, -0.25) is 0 Å². The average Bonchev–Trinajstić information content (AvgIpc) is 2.32. The number of fused-ring (bicyclic) bond motifs is 1. The number of halogens is 1. The highest BCUT2D eigenvalue weighted by molar-refractivity contribution is 5.39. The van der Waals surface area contributed by atoms with E-state index in [2.05, 4.69) is 0 Å². The first-order chi connectivity index (χ1) is 5.27. The summed E-state index contributed by atoms with van der Waals surface area (Å²) in [6, 6.07) is 4.86. The van der Waals surface area contributed by atoms with Gasteiger partial charge in [0.15, 0.2) is 0 Å². The SMILES string of the molecule is Oc1ccc2c(c1)CCC2F. The third-order valence-electron chi connectivity index (χ3n) is 2.13. The van der Waals surface area contributed by atoms with Crippen molar-refractivity contribution in [3.63, 3.8) is 0 Å². The van der Waals surface area contributed by atoms with Crippen LogP contribution in [-0.4, -0.2) is 5.11 Å². The summed E-state index contributed by atoms with van der Waals surface area (Å²) < 4.78 is 13.0. The molecule has 0 radical (unpaired) electrons. The van der Waals surface area contributed by atoms with E-state index in [0.29, 0.717) is 6.42 Å². The third-order valence-corrected chi connectivity index (χ3v) is 2.13. The predicted molar refractivity (Wildman–Crippen MR) is 40.3 cm³/mol. The molecule has 0 fully saturated rings. The first-order valence-electron chi connectivity index (χ1n) is 3.73. The van der Waals surface area contributed by atoms with E-state index >= 15 is 0 Å². The van der Waals surface area contributed by atoms with Crippen molar-refractivity contribution in [1.29, 1.82) is 0 Å². The van der Waals surface area contributed by atoms with Gasteiger partial charge in [0, 0.05) is 0 Å². The minimum absolute atomic E-state index is 0.234. The Labute approximate surface area is 64.5 Å². The maximum absolute atomic E-state index is 13.0. The Bertz CT molecular complexity index is 283. The molecule has 0 spiro atoms. The van der Waals surface area contributed by atoms with E-state index in [9.17, 15) is 4.39 Å². The first-order valence-corrected chi connectivity index (χ1v) is 3.73. The Morgan fingerprint density at radius 2 is 2.27 bits per heavy atom. The van der Waals surface area contributed by atoms with Gasteiger partial charge in [-0.2, -0.15) is 0 Å². The summed E-state index contributed by atoms with van der Waals surface area (Å²) in [4.78, 5) is 0. The Morgan fingerprint density at radius 1 is 1.45 bits per heavy atom. The zero-order valence-electron chi connectivity index (χ0n) is 6.05. The molecule has 0 aromatic heterocycles. The highest BCUT2D eigenvalue weighted by atomic mass is 19.1. The highest BCUT2D eigenvalue weighted by Gasteiger charge is 2.21. The van der Waals surface area contributed by atoms with Crippen molar-refractivity contribution < 1.29 is 9.50 Å². The molecule has 58 valence electrons. The number of aromatic hydroxyl groups is 1. The number of alkyl halides is 1. The third kappa shape index (κ3) is 0.985. The van der Waals surface area contributed by atoms with Crippen LogP contribution in [0.25, 0.3) is 0 Å². The smallest absolute Gasteiger partial charge is 0.126 e. The van der Waals surface area contributed by atoms with Gasteiger partial charge in [0.1, 0.15) is 11.9 Å². The Hall–Kier alpha value is -1.05. The number of phenolic OH excluding ortho intramolecular Hbond substituents is 1. The summed E-state index contributed by atoms with van der Waals surface area (Å²) in [7, 11) is 0. The lowest BCUT2D eigenvalue weighted by Crippen LogP contribution is -1.82. The molecule has 11 heavy (non-hydrogen) atoms. The van der Waals surface area contributed by atoms with Gasteiger partial charge in [0.05, 0.1) is 0 Å². The van der Waals surface area contributed by atoms with Crippen LogP contribution in [-0.2, 0) is 6.42 Å². The Morgan fingerprint density at radius 3 is 3.09 bits per heavy atom. The van der Waals surface area contributed by atoms with E-state index in [1.165, 1.54) is 6.07 Å². The van der Waals surface area contributed by atoms with E-state index in [1.54, 1.807) is 12.1 Å². The van der Waals surface area contributed by atoms with Gasteiger partial charge in [-0.15, -0.1) is 0 Å². The van der Waals surface area contributed by atoms with Crippen LogP contribution in [0.4, 0.5) is 4.39 Å². The molecule has 1 N–H and O–H groups in total. The molecule has 1 unspecified atom stereocenters. The van der Waals surface area contributed by atoms with E-state index in [1.807, 2.05) is 0 Å². The number of phenols is 1. The summed E-state index contributed by atoms with van der Waals surface area (Å²) >= 11 is 0. The summed E-state index contributed by atoms with van der Waals surface area (Å²) in [5.74, 6) is 0.234. The molecule has 1 aromatic rings. The van der Waals surface area contributed by atoms with Gasteiger partial charge in [-0.1, -0.05) is 6.07 Å². The number of hydrogen-bond acceptors (Lipinski definition) is 1. The molecule has 1 aliphatic rings. The largest absolute Gasteiger partial charge is 0.508 e. The number of hydrogen-bond donors (Lipinski definition) is 1. The van der Waals surface area contributed by atoms with Crippen LogP contribution in [0.15, 0.2) is 18.2 Å². The lowest BCUT2D eigenvalue weighted by atomic mass is 10.1. The van der Waals surface area contributed by atoms with E-state index in [4.69, 9.17) is 5.11 Å². The Balaban J connectivity index is 2.50. The molecular formula is C9H9FO. The van der Waals surface area contributed by atoms with Crippen LogP contribution >= 0.6 is 0 Å². The topological polar surface area (TPSA) is 20.2 Å². The van der Waals surface area contributed by atoms with Crippen molar-refractivity contribution in [2.45, 2.75) is 19.0 Å². The molecule has 2 rings (SSSR count). The van der Waals surface area contributed by atoms with E-state index in [0.717, 1.165) is 17.5 Å². The maximum Gasteiger partial charge on any atom is 0.126 e. The van der Waals surface area contributed by atoms with Gasteiger partial charge in [-0.05, 0) is 36.1 Å². The van der Waals surface area contributed by atoms with Crippen LogP contribution in [0.1, 0.15) is 23.7 Å². The number of aryl methyl sites for hydroxylation is 1. The van der Waals surface area contributed by atoms with Crippen molar-refractivity contribution in [3.8, 4) is 5.75 Å². The van der Waals surface area contributed by atoms with Crippen molar-refractivity contribution in [1.82, 2.24) is 0 Å². The maximum atomic E-state index is 13.0. The van der Waals surface area contributed by atoms with Gasteiger partial charge in [0.2, 0.25) is 0 Å². The van der Waals surface area contributed by atoms with Gasteiger partial charge in [0.25, 0.3) is 0 Å². The van der Waals surface area contributed by atoms with Gasteiger partial charge < -0.3 is 5.11 Å². The van der Waals surface area contributed by atoms with Crippen LogP contribution in [0.3, 0.4) is 0 Å². The van der Waals surface area contributed by atoms with Gasteiger partial charge in [-0.25, -0.2) is 4.39 Å². The summed E-state index contributed by atoms with van der Waals surface area (Å²) in [6.07, 6.45) is 0.509. The van der Waals surface area contributed by atoms with E-state index in [-0.39, 0.29) is 5.75 Å². The molecule has 0 heterocycles. The molecule has 1 aliphatic carbocycles. The molecule has 0 saturated heterocycles. The van der Waals surface area contributed by atoms with Crippen molar-refractivity contribution in [2.75, 3.05) is 0 Å². The second-order valence-electron chi connectivity index (χ2n) is 2.89. The highest BCUT2D eigenvalue weighted by Crippen LogP contribution is 2.35. The molecule has 0 saturated carbocycles. The molecular weight excluding hydrogens is 143 g/mol. The van der Waals surface area contributed by atoms with Crippen LogP contribution in [0.5, 0.6) is 5.75 Å². The molecule has 0 aliphatic heterocycles. The normalized spacial score (nSPS) is 21.7. The van der Waals surface area contributed by atoms with Crippen molar-refractivity contribution in [3.05, 3.63) is 29.3 Å². The predicted octanol–water partition coefficient (Wildman–Crippen LogP) is 2.35. The summed E-state index contributed by atoms with van der Waals surface area (Å²) in [5, 5.41) is 9.06. The fraction of sp³-hybridized carbons (Fsp3) is 0.333. The van der Waals surface area contributed by atoms with Gasteiger partial charge >= 0.3 is 0 Å². The van der Waals surface area contributed by atoms with Crippen LogP contribution in [0, 0.1) is 0 Å². The quantitative estimate of drug-likeness (QED) is 0.605. The standard InChI is InChI=1S/C9H9FO/c10-9-4-1-6-5-7(11)2-3-8(6)9/h2-3,5,9,11H,1,4H2. The summed E-state index contributed by atoms with van der Waals surface area (Å²) in [6.45, 7) is 0. The molecule has 2 heteroatoms. The van der Waals surface area contributed by atoms with Crippen LogP contribution in [0.2, 0.25) is 0 Å². The Kier molecular flexibility index (Phi) is 1.34. The fourth-order valence-corrected chi connectivity index (χ4v) is 1.55. The average molecular weight is 152 g/mol. The molecule has 1 nitrogen and oxygen atoms in total. The second kappa shape index (κ2) is 2.22. The monoisotopic (exact) mass is 152 g/mol. The second-order valence-corrected chi connectivity index (χ2v) is 2.89. The minimum Gasteiger partial charge on any atom is -0.508 e. The van der Waals surface area contributed by atoms with E-state index < -0.39 is 6.17 Å². The first kappa shape index (κ1) is 6.65. The summed E-state index contributed by atoms with van der Waals surface area (Å²) in [5.41, 5.74) is 1.71. The van der Waals surface area contributed by atoms with Crippen molar-refractivity contribution >= 4 is 0 Å². The number of rotatable bonds is 0. The minimum atomic E-state index is -0.814. The lowest BCUT2D eigenvalue weighted by Gasteiger charge is -2.00.